The van der Waals surface area contributed by atoms with Crippen LogP contribution in [0.2, 0.25) is 0 Å². The first-order valence-corrected chi connectivity index (χ1v) is 29.0. The highest BCUT2D eigenvalue weighted by Crippen LogP contribution is 2.54. The molecule has 1 aliphatic rings. The van der Waals surface area contributed by atoms with Crippen molar-refractivity contribution in [3.8, 4) is 39.6 Å². The number of thiophene rings is 1. The number of fused-ring (bicyclic) bond motifs is 8. The van der Waals surface area contributed by atoms with Gasteiger partial charge >= 0.3 is 0 Å². The quantitative estimate of drug-likeness (QED) is 0.129. The Hall–Kier alpha value is -7.67. The number of anilines is 4. The minimum atomic E-state index is -0.0433. The monoisotopic (exact) mass is 1040 g/mol. The van der Waals surface area contributed by atoms with E-state index in [1.807, 2.05) is 17.5 Å². The van der Waals surface area contributed by atoms with Crippen LogP contribution in [0.3, 0.4) is 0 Å². The normalized spacial score (nSPS) is 13.0. The molecule has 11 aromatic rings. The third-order valence-electron chi connectivity index (χ3n) is 16.2. The molecule has 0 atom stereocenters. The van der Waals surface area contributed by atoms with Crippen molar-refractivity contribution >= 4 is 76.1 Å². The molecule has 3 aromatic heterocycles. The minimum Gasteiger partial charge on any atom is -0.457 e. The third kappa shape index (κ3) is 8.73. The van der Waals surface area contributed by atoms with Gasteiger partial charge in [0.25, 0.3) is 0 Å². The lowest BCUT2D eigenvalue weighted by atomic mass is 9.79. The van der Waals surface area contributed by atoms with Crippen molar-refractivity contribution in [2.45, 2.75) is 119 Å². The fourth-order valence-electron chi connectivity index (χ4n) is 12.4. The molecule has 8 aromatic carbocycles. The van der Waals surface area contributed by atoms with Crippen LogP contribution >= 0.6 is 11.3 Å². The van der Waals surface area contributed by atoms with Crippen molar-refractivity contribution in [2.75, 3.05) is 16.5 Å². The molecule has 0 saturated carbocycles. The second kappa shape index (κ2) is 19.7. The molecule has 6 heteroatoms. The Labute approximate surface area is 465 Å². The molecule has 0 amide bonds. The number of pyridine rings is 1. The summed E-state index contributed by atoms with van der Waals surface area (Å²) in [7, 11) is 0. The number of rotatable bonds is 11. The van der Waals surface area contributed by atoms with Crippen LogP contribution in [0.4, 0.5) is 22.7 Å². The summed E-state index contributed by atoms with van der Waals surface area (Å²) in [5.41, 5.74) is 21.5. The molecule has 78 heavy (non-hydrogen) atoms. The van der Waals surface area contributed by atoms with Crippen LogP contribution in [0.1, 0.15) is 139 Å². The van der Waals surface area contributed by atoms with Gasteiger partial charge in [-0.1, -0.05) is 172 Å². The Bertz CT molecular complexity index is 4000. The van der Waals surface area contributed by atoms with Crippen molar-refractivity contribution in [1.82, 2.24) is 9.55 Å². The van der Waals surface area contributed by atoms with Crippen LogP contribution in [0.5, 0.6) is 11.5 Å². The molecule has 0 bridgehead atoms. The zero-order chi connectivity index (χ0) is 54.5. The van der Waals surface area contributed by atoms with Gasteiger partial charge in [-0.05, 0) is 143 Å². The van der Waals surface area contributed by atoms with Gasteiger partial charge in [0, 0.05) is 66.1 Å². The van der Waals surface area contributed by atoms with Crippen molar-refractivity contribution in [3.05, 3.63) is 203 Å². The Morgan fingerprint density at radius 2 is 1.08 bits per heavy atom. The van der Waals surface area contributed by atoms with Gasteiger partial charge in [-0.15, -0.1) is 11.3 Å². The molecule has 0 saturated heterocycles. The number of aryl methyl sites for hydroxylation is 2. The zero-order valence-electron chi connectivity index (χ0n) is 47.7. The molecular formula is C72H72N4OS. The molecule has 0 N–H and O–H groups in total. The smallest absolute Gasteiger partial charge is 0.137 e. The fraction of sp³-hybridized carbons (Fsp3) is 0.264. The molecule has 0 radical (unpaired) electrons. The van der Waals surface area contributed by atoms with E-state index in [-0.39, 0.29) is 5.41 Å². The summed E-state index contributed by atoms with van der Waals surface area (Å²) in [5.74, 6) is 3.75. The number of hydrogen-bond acceptors (Lipinski definition) is 5. The summed E-state index contributed by atoms with van der Waals surface area (Å²) in [4.78, 5) is 10.1. The Morgan fingerprint density at radius 1 is 0.513 bits per heavy atom. The lowest BCUT2D eigenvalue weighted by Gasteiger charge is -2.31. The van der Waals surface area contributed by atoms with Crippen molar-refractivity contribution in [1.29, 1.82) is 0 Å². The number of ether oxygens (including phenoxy) is 1. The van der Waals surface area contributed by atoms with Crippen LogP contribution in [0, 0.1) is 13.8 Å². The Balaban J connectivity index is 1.00. The Morgan fingerprint density at radius 3 is 1.69 bits per heavy atom. The van der Waals surface area contributed by atoms with Gasteiger partial charge in [-0.25, -0.2) is 4.98 Å². The molecule has 0 unspecified atom stereocenters. The topological polar surface area (TPSA) is 33.5 Å². The van der Waals surface area contributed by atoms with Gasteiger partial charge < -0.3 is 14.5 Å². The van der Waals surface area contributed by atoms with E-state index in [4.69, 9.17) is 9.72 Å². The molecule has 12 rings (SSSR count). The van der Waals surface area contributed by atoms with E-state index in [1.54, 1.807) is 0 Å². The second-order valence-electron chi connectivity index (χ2n) is 24.1. The van der Waals surface area contributed by atoms with Crippen LogP contribution in [-0.2, 0) is 5.41 Å². The van der Waals surface area contributed by atoms with E-state index in [0.29, 0.717) is 30.3 Å². The average Bonchev–Trinajstić information content (AvgIpc) is 4.23. The molecule has 0 spiro atoms. The standard InChI is InChI=1S/C72H72N4OS/c1-42(2)57-34-46(9)35-58(43(3)4)67(57)55-23-19-24-56(68-59(44(5)6)36-47(10)37-60(68)45(7)8)70(55)75-41-74(61-25-15-16-26-62(61)75)49-20-18-21-50(39-49)77-51-28-29-54-64(40-51)76(66-38-48(32-33-73-66)72(11,12)13)63-31-30-53-52-22-14-17-27-65(52)78-71(53)69(54)63/h14-40,42-45H,41H2,1-13H3. The Kier molecular flexibility index (Phi) is 12.9. The van der Waals surface area contributed by atoms with Gasteiger partial charge in [0.15, 0.2) is 0 Å². The lowest BCUT2D eigenvalue weighted by Crippen LogP contribution is -2.25. The van der Waals surface area contributed by atoms with Crippen molar-refractivity contribution in [2.24, 2.45) is 0 Å². The molecule has 4 heterocycles. The van der Waals surface area contributed by atoms with Gasteiger partial charge in [-0.2, -0.15) is 0 Å². The summed E-state index contributed by atoms with van der Waals surface area (Å²) >= 11 is 1.87. The largest absolute Gasteiger partial charge is 0.457 e. The van der Waals surface area contributed by atoms with Gasteiger partial charge in [-0.3, -0.25) is 4.57 Å². The van der Waals surface area contributed by atoms with Crippen LogP contribution in [0.15, 0.2) is 164 Å². The highest BCUT2D eigenvalue weighted by atomic mass is 32.1. The van der Waals surface area contributed by atoms with Gasteiger partial charge in [0.2, 0.25) is 0 Å². The van der Waals surface area contributed by atoms with E-state index >= 15 is 0 Å². The first-order chi connectivity index (χ1) is 37.4. The highest BCUT2D eigenvalue weighted by Gasteiger charge is 2.34. The van der Waals surface area contributed by atoms with Crippen LogP contribution in [-0.4, -0.2) is 16.2 Å². The highest BCUT2D eigenvalue weighted by molar-refractivity contribution is 7.26. The van der Waals surface area contributed by atoms with Crippen molar-refractivity contribution in [3.63, 3.8) is 0 Å². The maximum atomic E-state index is 7.03. The van der Waals surface area contributed by atoms with E-state index in [9.17, 15) is 0 Å². The van der Waals surface area contributed by atoms with E-state index < -0.39 is 0 Å². The lowest BCUT2D eigenvalue weighted by molar-refractivity contribution is 0.483. The minimum absolute atomic E-state index is 0.0433. The number of aromatic nitrogens is 2. The van der Waals surface area contributed by atoms with E-state index in [1.165, 1.54) is 104 Å². The molecular weight excluding hydrogens is 969 g/mol. The fourth-order valence-corrected chi connectivity index (χ4v) is 13.7. The van der Waals surface area contributed by atoms with Crippen molar-refractivity contribution < 1.29 is 4.74 Å². The molecule has 1 aliphatic heterocycles. The van der Waals surface area contributed by atoms with E-state index in [2.05, 4.69) is 262 Å². The molecule has 0 aliphatic carbocycles. The van der Waals surface area contributed by atoms with E-state index in [0.717, 1.165) is 39.7 Å². The average molecular weight is 1040 g/mol. The number of nitrogens with zero attached hydrogens (tertiary/aromatic N) is 4. The maximum absolute atomic E-state index is 7.03. The molecule has 5 nitrogen and oxygen atoms in total. The summed E-state index contributed by atoms with van der Waals surface area (Å²) in [6, 6.07) is 58.8. The maximum Gasteiger partial charge on any atom is 0.137 e. The predicted octanol–water partition coefficient (Wildman–Crippen LogP) is 21.3. The molecule has 392 valence electrons. The third-order valence-corrected chi connectivity index (χ3v) is 17.4. The summed E-state index contributed by atoms with van der Waals surface area (Å²) < 4.78 is 12.0. The first-order valence-electron chi connectivity index (χ1n) is 28.1. The second-order valence-corrected chi connectivity index (χ2v) is 25.2. The number of hydrogen-bond donors (Lipinski definition) is 0. The summed E-state index contributed by atoms with van der Waals surface area (Å²) in [6.07, 6.45) is 1.96. The predicted molar refractivity (Wildman–Crippen MR) is 335 cm³/mol. The zero-order valence-corrected chi connectivity index (χ0v) is 48.5. The first kappa shape index (κ1) is 51.1. The van der Waals surface area contributed by atoms with Crippen LogP contribution in [0.25, 0.3) is 70.0 Å². The number of benzene rings is 8. The summed E-state index contributed by atoms with van der Waals surface area (Å²) in [5, 5.41) is 5.00. The molecule has 0 fully saturated rings. The van der Waals surface area contributed by atoms with Gasteiger partial charge in [0.05, 0.1) is 28.1 Å². The number of para-hydroxylation sites is 3. The SMILES string of the molecule is Cc1cc(C(C)C)c(-c2cccc(-c3c(C(C)C)cc(C)cc3C(C)C)c2N2CN(c3cccc(Oc4ccc5c6c7sc8ccccc8c7ccc6n(-c6cc(C(C)(C)C)ccn6)c5c4)c3)c3ccccc32)c(C(C)C)c1. The van der Waals surface area contributed by atoms with Crippen LogP contribution < -0.4 is 14.5 Å². The summed E-state index contributed by atoms with van der Waals surface area (Å²) in [6.45, 7) is 30.7. The van der Waals surface area contributed by atoms with Gasteiger partial charge in [0.1, 0.15) is 24.0 Å².